The van der Waals surface area contributed by atoms with Crippen LogP contribution in [-0.2, 0) is 22.1 Å². The number of nitrogens with zero attached hydrogens (tertiary/aromatic N) is 1. The first-order valence-electron chi connectivity index (χ1n) is 7.08. The first-order chi connectivity index (χ1) is 10.9. The maximum Gasteiger partial charge on any atom is 0.254 e. The van der Waals surface area contributed by atoms with Gasteiger partial charge < -0.3 is 4.90 Å². The lowest BCUT2D eigenvalue weighted by Crippen LogP contribution is -2.30. The third kappa shape index (κ3) is 5.33. The van der Waals surface area contributed by atoms with E-state index in [9.17, 15) is 13.2 Å². The Bertz CT molecular complexity index is 780. The zero-order valence-electron chi connectivity index (χ0n) is 12.9. The Kier molecular flexibility index (Phi) is 5.74. The molecular weight excluding hydrogens is 330 g/mol. The minimum absolute atomic E-state index is 0.0689. The Balaban J connectivity index is 2.22. The van der Waals surface area contributed by atoms with E-state index in [0.717, 1.165) is 4.88 Å². The van der Waals surface area contributed by atoms with Gasteiger partial charge in [0, 0.05) is 23.2 Å². The van der Waals surface area contributed by atoms with Gasteiger partial charge in [-0.2, -0.15) is 0 Å². The van der Waals surface area contributed by atoms with Crippen molar-refractivity contribution < 1.29 is 13.2 Å². The molecule has 0 unspecified atom stereocenters. The largest absolute Gasteiger partial charge is 0.330 e. The lowest BCUT2D eigenvalue weighted by atomic mass is 10.1. The summed E-state index contributed by atoms with van der Waals surface area (Å²) in [5.41, 5.74) is 1.11. The molecule has 0 saturated heterocycles. The van der Waals surface area contributed by atoms with E-state index < -0.39 is 9.84 Å². The molecule has 1 amide bonds. The molecule has 0 bridgehead atoms. The second-order valence-corrected chi connectivity index (χ2v) is 8.50. The molecule has 0 N–H and O–H groups in total. The molecule has 0 aliphatic rings. The summed E-state index contributed by atoms with van der Waals surface area (Å²) in [5, 5.41) is 1.97. The van der Waals surface area contributed by atoms with Crippen molar-refractivity contribution >= 4 is 27.1 Å². The summed E-state index contributed by atoms with van der Waals surface area (Å²) < 4.78 is 22.8. The van der Waals surface area contributed by atoms with E-state index in [1.807, 2.05) is 17.5 Å². The van der Waals surface area contributed by atoms with Gasteiger partial charge in [0.2, 0.25) is 0 Å². The molecule has 4 nitrogen and oxygen atoms in total. The number of benzene rings is 1. The van der Waals surface area contributed by atoms with E-state index in [2.05, 4.69) is 6.58 Å². The summed E-state index contributed by atoms with van der Waals surface area (Å²) in [5.74, 6) is -0.200. The van der Waals surface area contributed by atoms with E-state index in [0.29, 0.717) is 24.2 Å². The summed E-state index contributed by atoms with van der Waals surface area (Å²) in [4.78, 5) is 15.5. The number of carbonyl (C=O) groups is 1. The van der Waals surface area contributed by atoms with E-state index >= 15 is 0 Å². The molecule has 23 heavy (non-hydrogen) atoms. The zero-order chi connectivity index (χ0) is 16.9. The van der Waals surface area contributed by atoms with Gasteiger partial charge in [-0.15, -0.1) is 17.9 Å². The summed E-state index contributed by atoms with van der Waals surface area (Å²) in [6.45, 7) is 4.65. The topological polar surface area (TPSA) is 54.5 Å². The van der Waals surface area contributed by atoms with Crippen LogP contribution in [0.4, 0.5) is 0 Å². The third-order valence-electron chi connectivity index (χ3n) is 3.17. The maximum absolute atomic E-state index is 12.7. The SMILES string of the molecule is C=CCN(Cc1cccs1)C(=O)c1cccc(CS(C)(=O)=O)c1. The fraction of sp³-hybridized carbons (Fsp3) is 0.235. The summed E-state index contributed by atoms with van der Waals surface area (Å²) in [6, 6.07) is 10.7. The van der Waals surface area contributed by atoms with E-state index in [1.165, 1.54) is 6.26 Å². The zero-order valence-corrected chi connectivity index (χ0v) is 14.6. The molecule has 0 radical (unpaired) electrons. The minimum Gasteiger partial charge on any atom is -0.330 e. The average Bonchev–Trinajstić information content (AvgIpc) is 2.97. The number of thiophene rings is 1. The molecule has 1 heterocycles. The highest BCUT2D eigenvalue weighted by molar-refractivity contribution is 7.89. The number of sulfone groups is 1. The Labute approximate surface area is 141 Å². The van der Waals surface area contributed by atoms with Crippen LogP contribution in [0.1, 0.15) is 20.8 Å². The molecule has 0 saturated carbocycles. The molecule has 0 atom stereocenters. The predicted molar refractivity (Wildman–Crippen MR) is 94.2 cm³/mol. The van der Waals surface area contributed by atoms with Gasteiger partial charge in [0.25, 0.3) is 5.91 Å². The van der Waals surface area contributed by atoms with E-state index in [1.54, 1.807) is 46.6 Å². The van der Waals surface area contributed by atoms with Crippen molar-refractivity contribution in [2.24, 2.45) is 0 Å². The van der Waals surface area contributed by atoms with Crippen LogP contribution in [0.2, 0.25) is 0 Å². The summed E-state index contributed by atoms with van der Waals surface area (Å²) in [7, 11) is -3.13. The van der Waals surface area contributed by atoms with Crippen LogP contribution >= 0.6 is 11.3 Å². The Morgan fingerprint density at radius 1 is 1.30 bits per heavy atom. The second-order valence-electron chi connectivity index (χ2n) is 5.32. The normalized spacial score (nSPS) is 11.2. The molecule has 122 valence electrons. The van der Waals surface area contributed by atoms with Gasteiger partial charge in [0.1, 0.15) is 0 Å². The minimum atomic E-state index is -3.13. The van der Waals surface area contributed by atoms with Gasteiger partial charge in [0.15, 0.2) is 9.84 Å². The van der Waals surface area contributed by atoms with Crippen molar-refractivity contribution in [3.05, 3.63) is 70.4 Å². The maximum atomic E-state index is 12.7. The molecule has 1 aromatic carbocycles. The fourth-order valence-electron chi connectivity index (χ4n) is 2.25. The van der Waals surface area contributed by atoms with Crippen molar-refractivity contribution in [3.8, 4) is 0 Å². The standard InChI is InChI=1S/C17H19NO3S2/c1-3-9-18(12-16-8-5-10-22-16)17(19)15-7-4-6-14(11-15)13-23(2,20)21/h3-8,10-11H,1,9,12-13H2,2H3. The van der Waals surface area contributed by atoms with E-state index in [-0.39, 0.29) is 11.7 Å². The monoisotopic (exact) mass is 349 g/mol. The van der Waals surface area contributed by atoms with Crippen molar-refractivity contribution in [2.45, 2.75) is 12.3 Å². The molecule has 0 aliphatic carbocycles. The van der Waals surface area contributed by atoms with Crippen LogP contribution in [0.5, 0.6) is 0 Å². The van der Waals surface area contributed by atoms with Crippen molar-refractivity contribution in [1.29, 1.82) is 0 Å². The Hall–Kier alpha value is -1.92. The lowest BCUT2D eigenvalue weighted by Gasteiger charge is -2.20. The van der Waals surface area contributed by atoms with Crippen LogP contribution in [-0.4, -0.2) is 32.0 Å². The van der Waals surface area contributed by atoms with Gasteiger partial charge in [-0.05, 0) is 29.1 Å². The number of rotatable bonds is 7. The highest BCUT2D eigenvalue weighted by atomic mass is 32.2. The Morgan fingerprint density at radius 3 is 2.70 bits per heavy atom. The van der Waals surface area contributed by atoms with Gasteiger partial charge in [0.05, 0.1) is 12.3 Å². The molecule has 1 aromatic heterocycles. The first kappa shape index (κ1) is 17.4. The molecular formula is C17H19NO3S2. The predicted octanol–water partition coefficient (Wildman–Crippen LogP) is 3.12. The smallest absolute Gasteiger partial charge is 0.254 e. The number of hydrogen-bond donors (Lipinski definition) is 0. The third-order valence-corrected chi connectivity index (χ3v) is 4.89. The highest BCUT2D eigenvalue weighted by Gasteiger charge is 2.16. The molecule has 0 spiro atoms. The number of carbonyl (C=O) groups excluding carboxylic acids is 1. The molecule has 6 heteroatoms. The van der Waals surface area contributed by atoms with Crippen molar-refractivity contribution in [2.75, 3.05) is 12.8 Å². The van der Waals surface area contributed by atoms with Gasteiger partial charge in [-0.1, -0.05) is 24.3 Å². The first-order valence-corrected chi connectivity index (χ1v) is 10.0. The summed E-state index contributed by atoms with van der Waals surface area (Å²) >= 11 is 1.59. The summed E-state index contributed by atoms with van der Waals surface area (Å²) in [6.07, 6.45) is 2.87. The molecule has 0 fully saturated rings. The Morgan fingerprint density at radius 2 is 2.09 bits per heavy atom. The molecule has 0 aliphatic heterocycles. The highest BCUT2D eigenvalue weighted by Crippen LogP contribution is 2.16. The van der Waals surface area contributed by atoms with Crippen molar-refractivity contribution in [1.82, 2.24) is 4.90 Å². The molecule has 2 rings (SSSR count). The number of amides is 1. The lowest BCUT2D eigenvalue weighted by molar-refractivity contribution is 0.0764. The molecule has 2 aromatic rings. The quantitative estimate of drug-likeness (QED) is 0.722. The number of hydrogen-bond acceptors (Lipinski definition) is 4. The van der Waals surface area contributed by atoms with Crippen LogP contribution in [0.25, 0.3) is 0 Å². The van der Waals surface area contributed by atoms with Crippen LogP contribution < -0.4 is 0 Å². The second kappa shape index (κ2) is 7.57. The van der Waals surface area contributed by atoms with Gasteiger partial charge in [-0.3, -0.25) is 4.79 Å². The van der Waals surface area contributed by atoms with Crippen LogP contribution in [0.15, 0.2) is 54.4 Å². The van der Waals surface area contributed by atoms with Crippen LogP contribution in [0, 0.1) is 0 Å². The van der Waals surface area contributed by atoms with Gasteiger partial charge in [-0.25, -0.2) is 8.42 Å². The van der Waals surface area contributed by atoms with E-state index in [4.69, 9.17) is 0 Å². The van der Waals surface area contributed by atoms with Gasteiger partial charge >= 0.3 is 0 Å². The van der Waals surface area contributed by atoms with Crippen molar-refractivity contribution in [3.63, 3.8) is 0 Å². The van der Waals surface area contributed by atoms with Crippen LogP contribution in [0.3, 0.4) is 0 Å². The fourth-order valence-corrected chi connectivity index (χ4v) is 3.75. The average molecular weight is 349 g/mol.